The number of anilines is 1. The number of pyridine rings is 1. The van der Waals surface area contributed by atoms with Crippen LogP contribution in [0.1, 0.15) is 6.42 Å². The van der Waals surface area contributed by atoms with Crippen molar-refractivity contribution >= 4 is 16.6 Å². The molecule has 3 heteroatoms. The molecule has 94 valence electrons. The number of aromatic nitrogens is 1. The molecule has 1 aromatic heterocycles. The molecule has 2 heterocycles. The Morgan fingerprint density at radius 3 is 2.94 bits per heavy atom. The predicted molar refractivity (Wildman–Crippen MR) is 76.1 cm³/mol. The number of nitrogens with zero attached hydrogens (tertiary/aromatic N) is 3. The lowest BCUT2D eigenvalue weighted by atomic mass is 10.2. The highest BCUT2D eigenvalue weighted by Gasteiger charge is 2.12. The molecule has 0 unspecified atom stereocenters. The summed E-state index contributed by atoms with van der Waals surface area (Å²) in [5.41, 5.74) is 2.40. The van der Waals surface area contributed by atoms with Crippen LogP contribution >= 0.6 is 0 Å². The van der Waals surface area contributed by atoms with Gasteiger partial charge in [-0.05, 0) is 44.3 Å². The van der Waals surface area contributed by atoms with Crippen LogP contribution in [0.2, 0.25) is 0 Å². The molecule has 1 aliphatic rings. The van der Waals surface area contributed by atoms with Gasteiger partial charge in [0, 0.05) is 36.9 Å². The zero-order valence-electron chi connectivity index (χ0n) is 10.8. The monoisotopic (exact) mass is 241 g/mol. The van der Waals surface area contributed by atoms with Crippen LogP contribution in [0.4, 0.5) is 5.69 Å². The van der Waals surface area contributed by atoms with Crippen LogP contribution in [0, 0.1) is 0 Å². The van der Waals surface area contributed by atoms with Crippen LogP contribution in [0.15, 0.2) is 36.5 Å². The summed E-state index contributed by atoms with van der Waals surface area (Å²) < 4.78 is 0. The van der Waals surface area contributed by atoms with Crippen molar-refractivity contribution in [3.05, 3.63) is 36.5 Å². The lowest BCUT2D eigenvalue weighted by Gasteiger charge is -2.23. The van der Waals surface area contributed by atoms with Gasteiger partial charge >= 0.3 is 0 Å². The fraction of sp³-hybridized carbons (Fsp3) is 0.400. The molecule has 0 saturated carbocycles. The van der Waals surface area contributed by atoms with Crippen LogP contribution in [0.25, 0.3) is 10.9 Å². The van der Waals surface area contributed by atoms with Crippen LogP contribution in [0.5, 0.6) is 0 Å². The number of rotatable bonds is 1. The van der Waals surface area contributed by atoms with E-state index in [2.05, 4.69) is 46.1 Å². The van der Waals surface area contributed by atoms with E-state index in [1.54, 1.807) is 0 Å². The van der Waals surface area contributed by atoms with Gasteiger partial charge in [0.2, 0.25) is 0 Å². The van der Waals surface area contributed by atoms with E-state index in [9.17, 15) is 0 Å². The van der Waals surface area contributed by atoms with Crippen molar-refractivity contribution in [3.63, 3.8) is 0 Å². The normalized spacial score (nSPS) is 17.9. The van der Waals surface area contributed by atoms with E-state index < -0.39 is 0 Å². The summed E-state index contributed by atoms with van der Waals surface area (Å²) in [5.74, 6) is 0. The second kappa shape index (κ2) is 4.94. The van der Waals surface area contributed by atoms with Crippen molar-refractivity contribution in [2.75, 3.05) is 38.1 Å². The minimum atomic E-state index is 1.08. The van der Waals surface area contributed by atoms with E-state index in [-0.39, 0.29) is 0 Å². The average Bonchev–Trinajstić information content (AvgIpc) is 2.63. The summed E-state index contributed by atoms with van der Waals surface area (Å²) in [6.45, 7) is 4.61. The number of hydrogen-bond donors (Lipinski definition) is 0. The molecular formula is C15H19N3. The number of fused-ring (bicyclic) bond motifs is 1. The van der Waals surface area contributed by atoms with E-state index in [0.29, 0.717) is 0 Å². The standard InChI is InChI=1S/C15H19N3/c1-17-8-3-9-18(11-10-17)14-5-6-15-13(12-14)4-2-7-16-15/h2,4-7,12H,3,8-11H2,1H3. The highest BCUT2D eigenvalue weighted by molar-refractivity contribution is 5.82. The summed E-state index contributed by atoms with van der Waals surface area (Å²) in [4.78, 5) is 9.26. The number of hydrogen-bond acceptors (Lipinski definition) is 3. The Hall–Kier alpha value is -1.61. The Kier molecular flexibility index (Phi) is 3.15. The summed E-state index contributed by atoms with van der Waals surface area (Å²) >= 11 is 0. The molecule has 0 bridgehead atoms. The Bertz CT molecular complexity index is 538. The van der Waals surface area contributed by atoms with Crippen LogP contribution < -0.4 is 4.90 Å². The summed E-state index contributed by atoms with van der Waals surface area (Å²) in [5, 5.41) is 1.23. The third kappa shape index (κ3) is 2.31. The second-order valence-electron chi connectivity index (χ2n) is 5.02. The third-order valence-corrected chi connectivity index (χ3v) is 3.67. The molecule has 2 aromatic rings. The smallest absolute Gasteiger partial charge is 0.0703 e. The SMILES string of the molecule is CN1CCCN(c2ccc3ncccc3c2)CC1. The molecule has 0 amide bonds. The van der Waals surface area contributed by atoms with Gasteiger partial charge in [-0.3, -0.25) is 4.98 Å². The van der Waals surface area contributed by atoms with Crippen molar-refractivity contribution in [1.82, 2.24) is 9.88 Å². The van der Waals surface area contributed by atoms with E-state index in [1.165, 1.54) is 24.0 Å². The summed E-state index contributed by atoms with van der Waals surface area (Å²) in [7, 11) is 2.20. The van der Waals surface area contributed by atoms with E-state index >= 15 is 0 Å². The van der Waals surface area contributed by atoms with Crippen molar-refractivity contribution in [3.8, 4) is 0 Å². The van der Waals surface area contributed by atoms with Crippen molar-refractivity contribution in [2.24, 2.45) is 0 Å². The maximum absolute atomic E-state index is 4.37. The molecule has 0 radical (unpaired) electrons. The van der Waals surface area contributed by atoms with E-state index in [4.69, 9.17) is 0 Å². The first-order chi connectivity index (χ1) is 8.83. The molecule has 1 aromatic carbocycles. The Balaban J connectivity index is 1.89. The first-order valence-electron chi connectivity index (χ1n) is 6.61. The lowest BCUT2D eigenvalue weighted by Crippen LogP contribution is -2.28. The molecule has 1 aliphatic heterocycles. The van der Waals surface area contributed by atoms with Crippen molar-refractivity contribution in [1.29, 1.82) is 0 Å². The molecular weight excluding hydrogens is 222 g/mol. The lowest BCUT2D eigenvalue weighted by molar-refractivity contribution is 0.360. The van der Waals surface area contributed by atoms with Gasteiger partial charge in [0.25, 0.3) is 0 Å². The van der Waals surface area contributed by atoms with Crippen LogP contribution in [0.3, 0.4) is 0 Å². The van der Waals surface area contributed by atoms with Gasteiger partial charge in [-0.2, -0.15) is 0 Å². The zero-order chi connectivity index (χ0) is 12.4. The minimum absolute atomic E-state index is 1.08. The number of benzene rings is 1. The highest BCUT2D eigenvalue weighted by Crippen LogP contribution is 2.21. The van der Waals surface area contributed by atoms with Gasteiger partial charge in [0.1, 0.15) is 0 Å². The average molecular weight is 241 g/mol. The molecule has 1 fully saturated rings. The molecule has 1 saturated heterocycles. The van der Waals surface area contributed by atoms with Gasteiger partial charge in [-0.1, -0.05) is 6.07 Å². The zero-order valence-corrected chi connectivity index (χ0v) is 10.8. The van der Waals surface area contributed by atoms with Crippen LogP contribution in [-0.2, 0) is 0 Å². The quantitative estimate of drug-likeness (QED) is 0.764. The highest BCUT2D eigenvalue weighted by atomic mass is 15.2. The van der Waals surface area contributed by atoms with Gasteiger partial charge in [0.05, 0.1) is 5.52 Å². The topological polar surface area (TPSA) is 19.4 Å². The van der Waals surface area contributed by atoms with Crippen molar-refractivity contribution < 1.29 is 0 Å². The second-order valence-corrected chi connectivity index (χ2v) is 5.02. The van der Waals surface area contributed by atoms with E-state index in [1.807, 2.05) is 12.3 Å². The maximum Gasteiger partial charge on any atom is 0.0703 e. The first-order valence-corrected chi connectivity index (χ1v) is 6.61. The van der Waals surface area contributed by atoms with Gasteiger partial charge < -0.3 is 9.80 Å². The molecule has 0 aliphatic carbocycles. The molecule has 0 spiro atoms. The van der Waals surface area contributed by atoms with Gasteiger partial charge in [-0.25, -0.2) is 0 Å². The molecule has 3 rings (SSSR count). The third-order valence-electron chi connectivity index (χ3n) is 3.67. The Labute approximate surface area is 108 Å². The van der Waals surface area contributed by atoms with E-state index in [0.717, 1.165) is 25.2 Å². The first kappa shape index (κ1) is 11.5. The summed E-state index contributed by atoms with van der Waals surface area (Å²) in [6, 6.07) is 10.7. The van der Waals surface area contributed by atoms with Gasteiger partial charge in [0.15, 0.2) is 0 Å². The molecule has 0 N–H and O–H groups in total. The predicted octanol–water partition coefficient (Wildman–Crippen LogP) is 2.38. The maximum atomic E-state index is 4.37. The number of likely N-dealkylation sites (N-methyl/N-ethyl adjacent to an activating group) is 1. The largest absolute Gasteiger partial charge is 0.370 e. The summed E-state index contributed by atoms with van der Waals surface area (Å²) in [6.07, 6.45) is 3.09. The molecule has 18 heavy (non-hydrogen) atoms. The fourth-order valence-corrected chi connectivity index (χ4v) is 2.56. The Morgan fingerprint density at radius 2 is 2.00 bits per heavy atom. The van der Waals surface area contributed by atoms with Gasteiger partial charge in [-0.15, -0.1) is 0 Å². The van der Waals surface area contributed by atoms with Crippen molar-refractivity contribution in [2.45, 2.75) is 6.42 Å². The molecule has 3 nitrogen and oxygen atoms in total. The fourth-order valence-electron chi connectivity index (χ4n) is 2.56. The minimum Gasteiger partial charge on any atom is -0.370 e. The molecule has 0 atom stereocenters. The Morgan fingerprint density at radius 1 is 1.06 bits per heavy atom. The van der Waals surface area contributed by atoms with Crippen LogP contribution in [-0.4, -0.2) is 43.1 Å².